The second-order valence-electron chi connectivity index (χ2n) is 4.02. The lowest BCUT2D eigenvalue weighted by Gasteiger charge is -2.06. The molecule has 0 unspecified atom stereocenters. The molecule has 0 amide bonds. The molecule has 9 heteroatoms. The van der Waals surface area contributed by atoms with Crippen LogP contribution in [0.3, 0.4) is 0 Å². The maximum atomic E-state index is 11.1. The summed E-state index contributed by atoms with van der Waals surface area (Å²) in [6.45, 7) is 0. The molecule has 0 aliphatic carbocycles. The fraction of sp³-hybridized carbons (Fsp3) is 0.182. The molecule has 1 N–H and O–H groups in total. The first-order valence-electron chi connectivity index (χ1n) is 5.28. The van der Waals surface area contributed by atoms with Crippen LogP contribution < -0.4 is 0 Å². The standard InChI is InChI=1S/C11H11N3O6/c1-12(2)4-3-8-9(11(15)16)5-7(13(17)18)6-10(8)14(19)20/h3-6H,1-2H3,(H,15,16)/b4-3+. The van der Waals surface area contributed by atoms with E-state index in [1.165, 1.54) is 12.3 Å². The third-order valence-corrected chi connectivity index (χ3v) is 2.32. The van der Waals surface area contributed by atoms with Crippen LogP contribution in [0.5, 0.6) is 0 Å². The van der Waals surface area contributed by atoms with Crippen LogP contribution in [0.1, 0.15) is 15.9 Å². The molecule has 1 aromatic carbocycles. The molecule has 20 heavy (non-hydrogen) atoms. The van der Waals surface area contributed by atoms with Gasteiger partial charge in [0.2, 0.25) is 0 Å². The molecule has 0 radical (unpaired) electrons. The smallest absolute Gasteiger partial charge is 0.336 e. The summed E-state index contributed by atoms with van der Waals surface area (Å²) in [5.41, 5.74) is -1.96. The maximum Gasteiger partial charge on any atom is 0.336 e. The molecule has 0 spiro atoms. The summed E-state index contributed by atoms with van der Waals surface area (Å²) in [6, 6.07) is 1.53. The van der Waals surface area contributed by atoms with Crippen molar-refractivity contribution in [2.75, 3.05) is 14.1 Å². The normalized spacial score (nSPS) is 10.5. The highest BCUT2D eigenvalue weighted by molar-refractivity contribution is 5.95. The Balaban J connectivity index is 3.63. The van der Waals surface area contributed by atoms with Crippen molar-refractivity contribution >= 4 is 23.4 Å². The highest BCUT2D eigenvalue weighted by Crippen LogP contribution is 2.30. The van der Waals surface area contributed by atoms with Crippen molar-refractivity contribution in [3.05, 3.63) is 49.7 Å². The van der Waals surface area contributed by atoms with E-state index in [1.54, 1.807) is 19.0 Å². The Labute approximate surface area is 113 Å². The lowest BCUT2D eigenvalue weighted by atomic mass is 10.0. The third kappa shape index (κ3) is 3.28. The highest BCUT2D eigenvalue weighted by atomic mass is 16.6. The summed E-state index contributed by atoms with van der Waals surface area (Å²) < 4.78 is 0. The lowest BCUT2D eigenvalue weighted by molar-refractivity contribution is -0.394. The van der Waals surface area contributed by atoms with Crippen LogP contribution in [0.2, 0.25) is 0 Å². The largest absolute Gasteiger partial charge is 0.478 e. The number of carboxylic acid groups (broad SMARTS) is 1. The molecule has 0 aliphatic heterocycles. The first-order chi connectivity index (χ1) is 9.23. The van der Waals surface area contributed by atoms with E-state index in [-0.39, 0.29) is 5.56 Å². The van der Waals surface area contributed by atoms with Crippen molar-refractivity contribution in [1.29, 1.82) is 0 Å². The zero-order valence-electron chi connectivity index (χ0n) is 10.6. The summed E-state index contributed by atoms with van der Waals surface area (Å²) in [6.07, 6.45) is 2.64. The average molecular weight is 281 g/mol. The fourth-order valence-corrected chi connectivity index (χ4v) is 1.46. The van der Waals surface area contributed by atoms with Gasteiger partial charge in [-0.05, 0) is 12.3 Å². The van der Waals surface area contributed by atoms with Crippen molar-refractivity contribution in [3.63, 3.8) is 0 Å². The Kier molecular flexibility index (Phi) is 4.36. The van der Waals surface area contributed by atoms with Crippen molar-refractivity contribution in [1.82, 2.24) is 4.90 Å². The number of hydrogen-bond acceptors (Lipinski definition) is 6. The topological polar surface area (TPSA) is 127 Å². The number of hydrogen-bond donors (Lipinski definition) is 1. The lowest BCUT2D eigenvalue weighted by Crippen LogP contribution is -2.06. The van der Waals surface area contributed by atoms with Crippen LogP contribution in [0, 0.1) is 20.2 Å². The molecule has 0 aliphatic rings. The van der Waals surface area contributed by atoms with E-state index in [9.17, 15) is 25.0 Å². The van der Waals surface area contributed by atoms with Gasteiger partial charge in [0, 0.05) is 20.2 Å². The minimum atomic E-state index is -1.48. The van der Waals surface area contributed by atoms with Crippen LogP contribution in [-0.2, 0) is 0 Å². The summed E-state index contributed by atoms with van der Waals surface area (Å²) in [7, 11) is 3.29. The quantitative estimate of drug-likeness (QED) is 0.643. The van der Waals surface area contributed by atoms with Crippen LogP contribution in [0.4, 0.5) is 11.4 Å². The Bertz CT molecular complexity index is 573. The number of non-ortho nitro benzene ring substituents is 1. The Hall–Kier alpha value is -2.97. The van der Waals surface area contributed by atoms with Crippen molar-refractivity contribution in [2.45, 2.75) is 0 Å². The van der Waals surface area contributed by atoms with E-state index in [2.05, 4.69) is 0 Å². The summed E-state index contributed by atoms with van der Waals surface area (Å²) in [5.74, 6) is -1.48. The SMILES string of the molecule is CN(C)/C=C/c1c(C(=O)O)cc([N+](=O)[O-])cc1[N+](=O)[O-]. The minimum absolute atomic E-state index is 0.193. The van der Waals surface area contributed by atoms with Crippen molar-refractivity contribution in [3.8, 4) is 0 Å². The van der Waals surface area contributed by atoms with Crippen molar-refractivity contribution in [2.24, 2.45) is 0 Å². The van der Waals surface area contributed by atoms with Gasteiger partial charge in [0.1, 0.15) is 0 Å². The van der Waals surface area contributed by atoms with E-state index in [0.29, 0.717) is 0 Å². The molecule has 1 aromatic rings. The van der Waals surface area contributed by atoms with Gasteiger partial charge < -0.3 is 10.0 Å². The van der Waals surface area contributed by atoms with Crippen LogP contribution >= 0.6 is 0 Å². The molecule has 0 aromatic heterocycles. The molecule has 0 heterocycles. The monoisotopic (exact) mass is 281 g/mol. The first kappa shape index (κ1) is 15.1. The number of carboxylic acids is 1. The average Bonchev–Trinajstić information content (AvgIpc) is 2.34. The van der Waals surface area contributed by atoms with Crippen molar-refractivity contribution < 1.29 is 19.7 Å². The second kappa shape index (κ2) is 5.78. The molecule has 1 rings (SSSR count). The first-order valence-corrected chi connectivity index (χ1v) is 5.28. The van der Waals surface area contributed by atoms with Gasteiger partial charge in [0.25, 0.3) is 11.4 Å². The molecular formula is C11H11N3O6. The number of nitro benzene ring substituents is 2. The molecule has 0 atom stereocenters. The number of carbonyl (C=O) groups is 1. The number of benzene rings is 1. The second-order valence-corrected chi connectivity index (χ2v) is 4.02. The fourth-order valence-electron chi connectivity index (χ4n) is 1.46. The Morgan fingerprint density at radius 1 is 1.25 bits per heavy atom. The highest BCUT2D eigenvalue weighted by Gasteiger charge is 2.25. The van der Waals surface area contributed by atoms with Crippen LogP contribution in [0.15, 0.2) is 18.3 Å². The van der Waals surface area contributed by atoms with Gasteiger partial charge in [-0.1, -0.05) is 0 Å². The molecule has 9 nitrogen and oxygen atoms in total. The van der Waals surface area contributed by atoms with Crippen LogP contribution in [0.25, 0.3) is 6.08 Å². The van der Waals surface area contributed by atoms with E-state index < -0.39 is 32.8 Å². The van der Waals surface area contributed by atoms with Gasteiger partial charge in [-0.25, -0.2) is 4.79 Å². The summed E-state index contributed by atoms with van der Waals surface area (Å²) >= 11 is 0. The van der Waals surface area contributed by atoms with Gasteiger partial charge in [-0.2, -0.15) is 0 Å². The maximum absolute atomic E-state index is 11.1. The van der Waals surface area contributed by atoms with E-state index in [0.717, 1.165) is 12.1 Å². The molecular weight excluding hydrogens is 270 g/mol. The molecule has 106 valence electrons. The Morgan fingerprint density at radius 3 is 2.25 bits per heavy atom. The zero-order chi connectivity index (χ0) is 15.4. The van der Waals surface area contributed by atoms with Gasteiger partial charge in [-0.15, -0.1) is 0 Å². The summed E-state index contributed by atoms with van der Waals surface area (Å²) in [4.78, 5) is 32.6. The molecule has 0 fully saturated rings. The molecule has 0 saturated carbocycles. The van der Waals surface area contributed by atoms with Gasteiger partial charge in [-0.3, -0.25) is 20.2 Å². The number of nitro groups is 2. The van der Waals surface area contributed by atoms with E-state index in [1.807, 2.05) is 0 Å². The van der Waals surface area contributed by atoms with E-state index >= 15 is 0 Å². The predicted octanol–water partition coefficient (Wildman–Crippen LogP) is 1.73. The summed E-state index contributed by atoms with van der Waals surface area (Å²) in [5, 5.41) is 30.7. The van der Waals surface area contributed by atoms with Gasteiger partial charge in [0.15, 0.2) is 0 Å². The van der Waals surface area contributed by atoms with E-state index in [4.69, 9.17) is 5.11 Å². The number of aromatic carboxylic acids is 1. The number of rotatable bonds is 5. The third-order valence-electron chi connectivity index (χ3n) is 2.32. The Morgan fingerprint density at radius 2 is 1.85 bits per heavy atom. The molecule has 0 bridgehead atoms. The van der Waals surface area contributed by atoms with Crippen LogP contribution in [-0.4, -0.2) is 39.9 Å². The predicted molar refractivity (Wildman–Crippen MR) is 69.4 cm³/mol. The number of nitrogens with zero attached hydrogens (tertiary/aromatic N) is 3. The van der Waals surface area contributed by atoms with Gasteiger partial charge >= 0.3 is 5.97 Å². The molecule has 0 saturated heterocycles. The van der Waals surface area contributed by atoms with Gasteiger partial charge in [0.05, 0.1) is 27.0 Å². The minimum Gasteiger partial charge on any atom is -0.478 e. The zero-order valence-corrected chi connectivity index (χ0v) is 10.6.